The fraction of sp³-hybridized carbons (Fsp3) is 0.323. The van der Waals surface area contributed by atoms with Crippen molar-refractivity contribution in [2.24, 2.45) is 0 Å². The van der Waals surface area contributed by atoms with Crippen LogP contribution in [-0.2, 0) is 11.0 Å². The van der Waals surface area contributed by atoms with Crippen molar-refractivity contribution in [3.05, 3.63) is 71.6 Å². The van der Waals surface area contributed by atoms with E-state index >= 15 is 0 Å². The van der Waals surface area contributed by atoms with Crippen LogP contribution >= 0.6 is 0 Å². The molecular weight excluding hydrogens is 573 g/mol. The number of benzene rings is 1. The van der Waals surface area contributed by atoms with Crippen LogP contribution < -0.4 is 21.7 Å². The van der Waals surface area contributed by atoms with Gasteiger partial charge in [0.1, 0.15) is 17.3 Å². The van der Waals surface area contributed by atoms with Gasteiger partial charge < -0.3 is 21.7 Å². The average Bonchev–Trinajstić information content (AvgIpc) is 3.42. The quantitative estimate of drug-likeness (QED) is 0.259. The van der Waals surface area contributed by atoms with Gasteiger partial charge >= 0.3 is 6.18 Å². The molecule has 2 bridgehead atoms. The number of nitrogen functional groups attached to an aromatic ring is 1. The maximum absolute atomic E-state index is 13.1. The smallest absolute Gasteiger partial charge is 0.383 e. The van der Waals surface area contributed by atoms with Crippen molar-refractivity contribution in [2.75, 3.05) is 17.6 Å². The summed E-state index contributed by atoms with van der Waals surface area (Å²) < 4.78 is 41.2. The molecule has 0 radical (unpaired) electrons. The fourth-order valence-electron chi connectivity index (χ4n) is 5.82. The van der Waals surface area contributed by atoms with Gasteiger partial charge in [-0.25, -0.2) is 9.97 Å². The highest BCUT2D eigenvalue weighted by Gasteiger charge is 2.32. The molecule has 228 valence electrons. The van der Waals surface area contributed by atoms with Crippen LogP contribution in [0.4, 0.5) is 24.8 Å². The molecule has 1 aliphatic carbocycles. The highest BCUT2D eigenvalue weighted by Crippen LogP contribution is 2.39. The summed E-state index contributed by atoms with van der Waals surface area (Å²) >= 11 is 0. The maximum atomic E-state index is 13.1. The molecule has 0 saturated heterocycles. The van der Waals surface area contributed by atoms with Gasteiger partial charge in [-0.1, -0.05) is 24.3 Å². The second-order valence-electron chi connectivity index (χ2n) is 11.1. The molecule has 4 aromatic rings. The molecule has 5 N–H and O–H groups in total. The van der Waals surface area contributed by atoms with Crippen LogP contribution in [0, 0.1) is 0 Å². The number of amides is 2. The summed E-state index contributed by atoms with van der Waals surface area (Å²) in [5, 5.41) is 14.6. The molecule has 0 unspecified atom stereocenters. The van der Waals surface area contributed by atoms with E-state index in [9.17, 15) is 22.8 Å². The van der Waals surface area contributed by atoms with Crippen LogP contribution in [0.25, 0.3) is 28.2 Å². The summed E-state index contributed by atoms with van der Waals surface area (Å²) in [5.41, 5.74) is 8.74. The number of halogens is 3. The van der Waals surface area contributed by atoms with E-state index in [4.69, 9.17) is 10.8 Å². The molecular formula is C31H31F3N8O2. The Morgan fingerprint density at radius 3 is 2.70 bits per heavy atom. The standard InChI is InChI=1S/C31H31F3N8O2/c1-17-29(43)39-22-5-2-6-23(15-22)42-27-20(4-3-12-36-17)16-38-28(35)25(27)26(41-42)18-7-9-19(10-8-18)30(44)40-24-14-21(11-13-37-24)31(32,33)34/h3-4,7-11,13-14,16-17,22-23,36H,2,5-6,12,15H2,1H3,(H2,35,38)(H,39,43)(H,37,40,44)/b4-3+/t17-,22+,23+/m0/s1. The largest absolute Gasteiger partial charge is 0.416 e. The molecule has 3 atom stereocenters. The third kappa shape index (κ3) is 5.87. The number of fused-ring (bicyclic) bond motifs is 3. The third-order valence-electron chi connectivity index (χ3n) is 8.10. The molecule has 1 fully saturated rings. The first-order chi connectivity index (χ1) is 21.1. The minimum atomic E-state index is -4.56. The van der Waals surface area contributed by atoms with E-state index < -0.39 is 17.6 Å². The molecule has 3 aromatic heterocycles. The van der Waals surface area contributed by atoms with E-state index in [1.165, 1.54) is 0 Å². The van der Waals surface area contributed by atoms with Gasteiger partial charge in [-0.05, 0) is 56.9 Å². The number of carbonyl (C=O) groups is 2. The number of carbonyl (C=O) groups excluding carboxylic acids is 2. The first-order valence-electron chi connectivity index (χ1n) is 14.4. The van der Waals surface area contributed by atoms with Crippen LogP contribution in [0.2, 0.25) is 0 Å². The average molecular weight is 605 g/mol. The van der Waals surface area contributed by atoms with E-state index in [0.717, 1.165) is 48.7 Å². The minimum Gasteiger partial charge on any atom is -0.383 e. The zero-order chi connectivity index (χ0) is 31.0. The molecule has 13 heteroatoms. The summed E-state index contributed by atoms with van der Waals surface area (Å²) in [7, 11) is 0. The number of nitrogens with one attached hydrogen (secondary N) is 3. The van der Waals surface area contributed by atoms with Gasteiger partial charge in [-0.2, -0.15) is 18.3 Å². The van der Waals surface area contributed by atoms with Crippen molar-refractivity contribution in [1.29, 1.82) is 0 Å². The molecule has 1 aliphatic heterocycles. The van der Waals surface area contributed by atoms with E-state index in [2.05, 4.69) is 25.9 Å². The SMILES string of the molecule is C[C@@H]1NC/C=C/c2cnc(N)c3c(-c4ccc(C(=O)Nc5cc(C(F)(F)F)ccn5)cc4)nn(c23)[C@@H]2CCC[C@H](C2)NC1=O. The number of aromatic nitrogens is 4. The van der Waals surface area contributed by atoms with Gasteiger partial charge in [0.15, 0.2) is 0 Å². The Bertz CT molecular complexity index is 1750. The summed E-state index contributed by atoms with van der Waals surface area (Å²) in [5.74, 6) is -0.532. The topological polar surface area (TPSA) is 140 Å². The van der Waals surface area contributed by atoms with Gasteiger partial charge in [0, 0.05) is 41.7 Å². The van der Waals surface area contributed by atoms with Gasteiger partial charge in [0.05, 0.1) is 28.6 Å². The number of hydrogen-bond donors (Lipinski definition) is 4. The molecule has 2 aliphatic rings. The summed E-state index contributed by atoms with van der Waals surface area (Å²) in [4.78, 5) is 33.9. The Hall–Kier alpha value is -4.78. The Morgan fingerprint density at radius 2 is 1.93 bits per heavy atom. The van der Waals surface area contributed by atoms with Crippen molar-refractivity contribution < 1.29 is 22.8 Å². The van der Waals surface area contributed by atoms with Gasteiger partial charge in [-0.15, -0.1) is 0 Å². The molecule has 10 nitrogen and oxygen atoms in total. The van der Waals surface area contributed by atoms with E-state index in [0.29, 0.717) is 35.4 Å². The summed E-state index contributed by atoms with van der Waals surface area (Å²) in [6, 6.07) is 7.89. The number of anilines is 2. The number of rotatable bonds is 3. The van der Waals surface area contributed by atoms with Crippen LogP contribution in [0.15, 0.2) is 54.9 Å². The predicted octanol–water partition coefficient (Wildman–Crippen LogP) is 4.95. The lowest BCUT2D eigenvalue weighted by atomic mass is 9.90. The van der Waals surface area contributed by atoms with E-state index in [1.54, 1.807) is 30.5 Å². The number of nitrogens with two attached hydrogens (primary N) is 1. The first kappa shape index (κ1) is 29.3. The van der Waals surface area contributed by atoms with Crippen LogP contribution in [0.5, 0.6) is 0 Å². The lowest BCUT2D eigenvalue weighted by Crippen LogP contribution is -2.47. The number of alkyl halides is 3. The van der Waals surface area contributed by atoms with Gasteiger partial charge in [0.25, 0.3) is 5.91 Å². The second kappa shape index (κ2) is 11.7. The molecule has 0 spiro atoms. The maximum Gasteiger partial charge on any atom is 0.416 e. The molecule has 4 heterocycles. The van der Waals surface area contributed by atoms with Crippen LogP contribution in [-0.4, -0.2) is 50.2 Å². The summed E-state index contributed by atoms with van der Waals surface area (Å²) in [6.45, 7) is 2.33. The lowest BCUT2D eigenvalue weighted by molar-refractivity contribution is -0.137. The second-order valence-corrected chi connectivity index (χ2v) is 11.1. The zero-order valence-corrected chi connectivity index (χ0v) is 23.9. The lowest BCUT2D eigenvalue weighted by Gasteiger charge is -2.31. The van der Waals surface area contributed by atoms with Gasteiger partial charge in [-0.3, -0.25) is 14.3 Å². The number of nitrogens with zero attached hydrogens (tertiary/aromatic N) is 4. The van der Waals surface area contributed by atoms with Crippen molar-refractivity contribution >= 4 is 40.4 Å². The molecule has 1 aromatic carbocycles. The van der Waals surface area contributed by atoms with Crippen molar-refractivity contribution in [3.63, 3.8) is 0 Å². The Morgan fingerprint density at radius 1 is 1.14 bits per heavy atom. The molecule has 2 amide bonds. The normalized spacial score (nSPS) is 21.5. The predicted molar refractivity (Wildman–Crippen MR) is 161 cm³/mol. The Balaban J connectivity index is 1.36. The highest BCUT2D eigenvalue weighted by atomic mass is 19.4. The van der Waals surface area contributed by atoms with Gasteiger partial charge in [0.2, 0.25) is 5.91 Å². The minimum absolute atomic E-state index is 0.00767. The molecule has 6 rings (SSSR count). The van der Waals surface area contributed by atoms with Crippen LogP contribution in [0.3, 0.4) is 0 Å². The third-order valence-corrected chi connectivity index (χ3v) is 8.10. The van der Waals surface area contributed by atoms with Crippen LogP contribution in [0.1, 0.15) is 60.1 Å². The highest BCUT2D eigenvalue weighted by molar-refractivity contribution is 6.06. The number of hydrogen-bond acceptors (Lipinski definition) is 7. The van der Waals surface area contributed by atoms with Crippen molar-refractivity contribution in [2.45, 2.75) is 56.9 Å². The Labute approximate surface area is 250 Å². The number of pyridine rings is 2. The molecule has 44 heavy (non-hydrogen) atoms. The summed E-state index contributed by atoms with van der Waals surface area (Å²) in [6.07, 6.45) is 5.44. The Kier molecular flexibility index (Phi) is 7.80. The van der Waals surface area contributed by atoms with Crippen molar-refractivity contribution in [3.8, 4) is 11.3 Å². The zero-order valence-electron chi connectivity index (χ0n) is 23.9. The van der Waals surface area contributed by atoms with E-state index in [-0.39, 0.29) is 35.4 Å². The first-order valence-corrected chi connectivity index (χ1v) is 14.4. The fourth-order valence-corrected chi connectivity index (χ4v) is 5.82. The monoisotopic (exact) mass is 604 g/mol. The van der Waals surface area contributed by atoms with E-state index in [1.807, 2.05) is 23.8 Å². The molecule has 1 saturated carbocycles. The van der Waals surface area contributed by atoms with Crippen molar-refractivity contribution in [1.82, 2.24) is 30.4 Å².